The Bertz CT molecular complexity index is 1160. The topological polar surface area (TPSA) is 103 Å². The van der Waals surface area contributed by atoms with Gasteiger partial charge in [-0.25, -0.2) is 19.9 Å². The molecule has 0 spiro atoms. The van der Waals surface area contributed by atoms with Gasteiger partial charge in [0.05, 0.1) is 16.5 Å². The Hall–Kier alpha value is -3.11. The van der Waals surface area contributed by atoms with Crippen molar-refractivity contribution in [1.29, 1.82) is 0 Å². The van der Waals surface area contributed by atoms with Crippen LogP contribution in [-0.2, 0) is 0 Å². The van der Waals surface area contributed by atoms with Crippen LogP contribution in [0.25, 0.3) is 21.4 Å². The first-order valence-electron chi connectivity index (χ1n) is 8.97. The van der Waals surface area contributed by atoms with Gasteiger partial charge >= 0.3 is 0 Å². The Balaban J connectivity index is 1.41. The summed E-state index contributed by atoms with van der Waals surface area (Å²) in [5.41, 5.74) is 2.87. The zero-order chi connectivity index (χ0) is 19.1. The number of nitrogens with zero attached hydrogens (tertiary/aromatic N) is 6. The molecule has 1 fully saturated rings. The minimum Gasteiger partial charge on any atom is -0.340 e. The summed E-state index contributed by atoms with van der Waals surface area (Å²) in [6, 6.07) is 5.67. The number of anilines is 2. The van der Waals surface area contributed by atoms with Gasteiger partial charge in [-0.15, -0.1) is 0 Å². The van der Waals surface area contributed by atoms with Crippen LogP contribution in [0.1, 0.15) is 10.4 Å². The minimum absolute atomic E-state index is 0.0767. The van der Waals surface area contributed by atoms with E-state index in [4.69, 9.17) is 0 Å². The molecule has 5 rings (SSSR count). The summed E-state index contributed by atoms with van der Waals surface area (Å²) < 4.78 is 0.956. The summed E-state index contributed by atoms with van der Waals surface area (Å²) in [7, 11) is 2.08. The highest BCUT2D eigenvalue weighted by atomic mass is 32.1. The number of thiazole rings is 1. The predicted octanol–water partition coefficient (Wildman–Crippen LogP) is 2.09. The van der Waals surface area contributed by atoms with E-state index < -0.39 is 0 Å². The van der Waals surface area contributed by atoms with Crippen molar-refractivity contribution in [3.63, 3.8) is 0 Å². The molecule has 0 radical (unpaired) electrons. The fraction of sp³-hybridized carbons (Fsp3) is 0.278. The van der Waals surface area contributed by atoms with E-state index in [9.17, 15) is 4.79 Å². The lowest BCUT2D eigenvalue weighted by molar-refractivity contribution is 0.0664. The smallest absolute Gasteiger partial charge is 0.253 e. The monoisotopic (exact) mass is 394 g/mol. The van der Waals surface area contributed by atoms with E-state index in [1.165, 1.54) is 17.7 Å². The Morgan fingerprint density at radius 1 is 1.18 bits per heavy atom. The van der Waals surface area contributed by atoms with E-state index in [0.717, 1.165) is 41.9 Å². The molecule has 0 unspecified atom stereocenters. The average Bonchev–Trinajstić information content (AvgIpc) is 3.34. The van der Waals surface area contributed by atoms with Crippen LogP contribution >= 0.6 is 11.3 Å². The van der Waals surface area contributed by atoms with Crippen LogP contribution in [-0.4, -0.2) is 73.9 Å². The lowest BCUT2D eigenvalue weighted by Crippen LogP contribution is -2.47. The second-order valence-corrected chi connectivity index (χ2v) is 7.78. The van der Waals surface area contributed by atoms with Gasteiger partial charge in [-0.2, -0.15) is 0 Å². The molecule has 0 bridgehead atoms. The molecule has 3 aromatic heterocycles. The molecule has 1 aromatic carbocycles. The fourth-order valence-electron chi connectivity index (χ4n) is 3.26. The highest BCUT2D eigenvalue weighted by molar-refractivity contribution is 7.22. The van der Waals surface area contributed by atoms with Crippen molar-refractivity contribution >= 4 is 49.6 Å². The number of carbonyl (C=O) groups is 1. The molecule has 4 heterocycles. The number of hydrogen-bond donors (Lipinski definition) is 2. The number of imidazole rings is 1. The van der Waals surface area contributed by atoms with Gasteiger partial charge in [-0.1, -0.05) is 11.3 Å². The third kappa shape index (κ3) is 3.06. The number of H-pyrrole nitrogens is 1. The SMILES string of the molecule is CN1CCN(C(=O)c2ccc3nc(Nc4ncnc5nc[nH]c45)sc3c2)CC1. The largest absolute Gasteiger partial charge is 0.340 e. The highest BCUT2D eigenvalue weighted by Gasteiger charge is 2.21. The number of amides is 1. The molecule has 1 amide bonds. The third-order valence-electron chi connectivity index (χ3n) is 4.87. The maximum absolute atomic E-state index is 12.8. The fourth-order valence-corrected chi connectivity index (χ4v) is 4.17. The first-order valence-corrected chi connectivity index (χ1v) is 9.78. The minimum atomic E-state index is 0.0767. The normalized spacial score (nSPS) is 15.4. The van der Waals surface area contributed by atoms with Crippen molar-refractivity contribution in [2.75, 3.05) is 38.5 Å². The third-order valence-corrected chi connectivity index (χ3v) is 5.81. The van der Waals surface area contributed by atoms with Gasteiger partial charge in [-0.05, 0) is 25.2 Å². The Kier molecular flexibility index (Phi) is 4.14. The quantitative estimate of drug-likeness (QED) is 0.548. The first-order chi connectivity index (χ1) is 13.7. The lowest BCUT2D eigenvalue weighted by Gasteiger charge is -2.32. The number of rotatable bonds is 3. The van der Waals surface area contributed by atoms with Gasteiger partial charge in [0.1, 0.15) is 11.8 Å². The molecule has 142 valence electrons. The van der Waals surface area contributed by atoms with Crippen LogP contribution in [0.3, 0.4) is 0 Å². The van der Waals surface area contributed by atoms with Crippen LogP contribution in [0, 0.1) is 0 Å². The van der Waals surface area contributed by atoms with Gasteiger partial charge in [0.25, 0.3) is 5.91 Å². The van der Waals surface area contributed by atoms with Crippen LogP contribution in [0.15, 0.2) is 30.9 Å². The number of nitrogens with one attached hydrogen (secondary N) is 2. The number of benzene rings is 1. The number of piperazine rings is 1. The summed E-state index contributed by atoms with van der Waals surface area (Å²) >= 11 is 1.49. The summed E-state index contributed by atoms with van der Waals surface area (Å²) in [5.74, 6) is 0.697. The Morgan fingerprint density at radius 2 is 2.04 bits per heavy atom. The van der Waals surface area contributed by atoms with Crippen molar-refractivity contribution in [2.45, 2.75) is 0 Å². The number of aromatic nitrogens is 5. The van der Waals surface area contributed by atoms with Gasteiger partial charge in [0.15, 0.2) is 16.6 Å². The molecule has 1 saturated heterocycles. The zero-order valence-electron chi connectivity index (χ0n) is 15.2. The van der Waals surface area contributed by atoms with Crippen molar-refractivity contribution in [1.82, 2.24) is 34.7 Å². The lowest BCUT2D eigenvalue weighted by atomic mass is 10.1. The van der Waals surface area contributed by atoms with Crippen LogP contribution in [0.2, 0.25) is 0 Å². The van der Waals surface area contributed by atoms with Gasteiger partial charge < -0.3 is 20.1 Å². The van der Waals surface area contributed by atoms with Crippen LogP contribution in [0.4, 0.5) is 10.9 Å². The van der Waals surface area contributed by atoms with Crippen LogP contribution < -0.4 is 5.32 Å². The maximum atomic E-state index is 12.8. The number of fused-ring (bicyclic) bond motifs is 2. The highest BCUT2D eigenvalue weighted by Crippen LogP contribution is 2.30. The Labute approximate surface area is 164 Å². The summed E-state index contributed by atoms with van der Waals surface area (Å²) in [4.78, 5) is 37.1. The predicted molar refractivity (Wildman–Crippen MR) is 108 cm³/mol. The van der Waals surface area contributed by atoms with Crippen molar-refractivity contribution in [3.8, 4) is 0 Å². The van der Waals surface area contributed by atoms with Gasteiger partial charge in [0, 0.05) is 31.7 Å². The molecule has 1 aliphatic heterocycles. The first kappa shape index (κ1) is 17.0. The van der Waals surface area contributed by atoms with Crippen molar-refractivity contribution in [3.05, 3.63) is 36.4 Å². The molecule has 0 aliphatic carbocycles. The molecule has 0 atom stereocenters. The average molecular weight is 394 g/mol. The van der Waals surface area contributed by atoms with Crippen LogP contribution in [0.5, 0.6) is 0 Å². The van der Waals surface area contributed by atoms with E-state index in [-0.39, 0.29) is 5.91 Å². The molecule has 1 aliphatic rings. The van der Waals surface area contributed by atoms with Gasteiger partial charge in [0.2, 0.25) is 0 Å². The molecular formula is C18H18N8OS. The zero-order valence-corrected chi connectivity index (χ0v) is 16.0. The summed E-state index contributed by atoms with van der Waals surface area (Å²) in [5, 5.41) is 3.93. The van der Waals surface area contributed by atoms with E-state index in [1.807, 2.05) is 23.1 Å². The molecule has 4 aromatic rings. The van der Waals surface area contributed by atoms with Crippen molar-refractivity contribution < 1.29 is 4.79 Å². The van der Waals surface area contributed by atoms with Gasteiger partial charge in [-0.3, -0.25) is 4.79 Å². The maximum Gasteiger partial charge on any atom is 0.253 e. The molecule has 9 nitrogen and oxygen atoms in total. The standard InChI is InChI=1S/C18H18N8OS/c1-25-4-6-26(7-5-25)17(27)11-2-3-12-13(8-11)28-18(23-12)24-16-14-15(20-9-19-14)21-10-22-16/h2-3,8-10H,4-7H2,1H3,(H2,19,20,21,22,23,24). The number of aromatic amines is 1. The van der Waals surface area contributed by atoms with E-state index >= 15 is 0 Å². The molecule has 0 saturated carbocycles. The van der Waals surface area contributed by atoms with Crippen molar-refractivity contribution in [2.24, 2.45) is 0 Å². The van der Waals surface area contributed by atoms with E-state index in [2.05, 4.69) is 42.2 Å². The molecule has 2 N–H and O–H groups in total. The Morgan fingerprint density at radius 3 is 2.89 bits per heavy atom. The summed E-state index contributed by atoms with van der Waals surface area (Å²) in [6.07, 6.45) is 3.05. The summed E-state index contributed by atoms with van der Waals surface area (Å²) in [6.45, 7) is 3.33. The molecule has 10 heteroatoms. The molecule has 28 heavy (non-hydrogen) atoms. The van der Waals surface area contributed by atoms with E-state index in [0.29, 0.717) is 22.2 Å². The van der Waals surface area contributed by atoms with E-state index in [1.54, 1.807) is 6.33 Å². The molecular weight excluding hydrogens is 376 g/mol. The second-order valence-electron chi connectivity index (χ2n) is 6.75. The number of likely N-dealkylation sites (N-methyl/N-ethyl adjacent to an activating group) is 1. The number of carbonyl (C=O) groups excluding carboxylic acids is 1. The number of hydrogen-bond acceptors (Lipinski definition) is 8. The second kappa shape index (κ2) is 6.80.